The molecule has 1 aliphatic rings. The number of nitrogens with zero attached hydrogens (tertiary/aromatic N) is 2. The van der Waals surface area contributed by atoms with Crippen LogP contribution in [0.4, 0.5) is 0 Å². The van der Waals surface area contributed by atoms with Crippen LogP contribution in [0.3, 0.4) is 0 Å². The Morgan fingerprint density at radius 1 is 1.23 bits per heavy atom. The van der Waals surface area contributed by atoms with E-state index in [0.29, 0.717) is 6.42 Å². The van der Waals surface area contributed by atoms with Crippen LogP contribution in [0.1, 0.15) is 47.5 Å². The van der Waals surface area contributed by atoms with Crippen molar-refractivity contribution in [2.45, 2.75) is 90.0 Å². The second-order valence-electron chi connectivity index (χ2n) is 7.04. The Labute approximate surface area is 160 Å². The minimum atomic E-state index is -1.44. The van der Waals surface area contributed by atoms with E-state index >= 15 is 0 Å². The van der Waals surface area contributed by atoms with Crippen LogP contribution in [0.25, 0.3) is 0 Å². The van der Waals surface area contributed by atoms with Crippen molar-refractivity contribution in [3.63, 3.8) is 0 Å². The third kappa shape index (κ3) is 6.72. The van der Waals surface area contributed by atoms with Gasteiger partial charge in [0.05, 0.1) is 31.3 Å². The van der Waals surface area contributed by atoms with E-state index in [9.17, 15) is 5.11 Å². The zero-order valence-electron chi connectivity index (χ0n) is 16.7. The molecular formula is C17H32BN2O5P. The molecular weight excluding hydrogens is 354 g/mol. The monoisotopic (exact) mass is 386 g/mol. The van der Waals surface area contributed by atoms with Crippen molar-refractivity contribution in [1.29, 1.82) is 5.26 Å². The molecule has 0 aliphatic carbocycles. The van der Waals surface area contributed by atoms with E-state index in [4.69, 9.17) is 31.6 Å². The van der Waals surface area contributed by atoms with Crippen molar-refractivity contribution in [3.05, 3.63) is 0 Å². The molecule has 0 aromatic heterocycles. The van der Waals surface area contributed by atoms with E-state index in [1.54, 1.807) is 14.0 Å². The smallest absolute Gasteiger partial charge is 0.259 e. The molecule has 26 heavy (non-hydrogen) atoms. The largest absolute Gasteiger partial charge is 0.393 e. The maximum absolute atomic E-state index is 9.78. The van der Waals surface area contributed by atoms with Gasteiger partial charge in [-0.2, -0.15) is 5.26 Å². The predicted octanol–water partition coefficient (Wildman–Crippen LogP) is 2.33. The van der Waals surface area contributed by atoms with Crippen LogP contribution in [0, 0.1) is 11.3 Å². The molecule has 9 heteroatoms. The first-order valence-electron chi connectivity index (χ1n) is 9.09. The standard InChI is InChI=1S/C17H32BN2O5P/c1-11(2)20(12(3)4)26(23-9-7-8-19)25-15-14(10-13(5)21)24-17(18)16(15)22-6/h11-17,21H,7,9-10H2,1-6H3/t13-,14?,15?,16?,17?,26?/m1/s1. The summed E-state index contributed by atoms with van der Waals surface area (Å²) < 4.78 is 25.7. The Balaban J connectivity index is 3.01. The highest BCUT2D eigenvalue weighted by molar-refractivity contribution is 7.44. The molecule has 1 saturated heterocycles. The Morgan fingerprint density at radius 2 is 1.85 bits per heavy atom. The van der Waals surface area contributed by atoms with E-state index in [1.165, 1.54) is 0 Å². The fourth-order valence-electron chi connectivity index (χ4n) is 3.08. The van der Waals surface area contributed by atoms with Crippen LogP contribution in [-0.4, -0.2) is 73.8 Å². The van der Waals surface area contributed by atoms with Crippen molar-refractivity contribution in [3.8, 4) is 6.07 Å². The SMILES string of the molecule is [B]C1OC(C[C@@H](C)O)C(OP(OCCC#N)N(C(C)C)C(C)C)C1OC. The Morgan fingerprint density at radius 3 is 2.31 bits per heavy atom. The molecule has 1 rings (SSSR count). The van der Waals surface area contributed by atoms with E-state index in [-0.39, 0.29) is 31.2 Å². The number of aliphatic hydroxyl groups is 1. The number of hydrogen-bond donors (Lipinski definition) is 1. The van der Waals surface area contributed by atoms with Crippen molar-refractivity contribution >= 4 is 16.4 Å². The van der Waals surface area contributed by atoms with Crippen molar-refractivity contribution in [2.24, 2.45) is 0 Å². The molecule has 0 saturated carbocycles. The fourth-order valence-corrected chi connectivity index (χ4v) is 4.84. The lowest BCUT2D eigenvalue weighted by Crippen LogP contribution is -2.40. The zero-order valence-corrected chi connectivity index (χ0v) is 17.6. The van der Waals surface area contributed by atoms with Crippen LogP contribution in [0.15, 0.2) is 0 Å². The molecule has 6 atom stereocenters. The molecule has 5 unspecified atom stereocenters. The maximum Gasteiger partial charge on any atom is 0.259 e. The highest BCUT2D eigenvalue weighted by Gasteiger charge is 2.46. The molecule has 1 fully saturated rings. The third-order valence-corrected chi connectivity index (χ3v) is 6.19. The summed E-state index contributed by atoms with van der Waals surface area (Å²) >= 11 is 0. The molecule has 0 spiro atoms. The summed E-state index contributed by atoms with van der Waals surface area (Å²) in [5.74, 6) is 0. The number of ether oxygens (including phenoxy) is 2. The first kappa shape index (κ1) is 23.8. The van der Waals surface area contributed by atoms with Gasteiger partial charge in [0, 0.05) is 31.6 Å². The summed E-state index contributed by atoms with van der Waals surface area (Å²) in [7, 11) is 6.16. The Hall–Kier alpha value is -0.255. The highest BCUT2D eigenvalue weighted by atomic mass is 31.2. The third-order valence-electron chi connectivity index (χ3n) is 4.07. The van der Waals surface area contributed by atoms with Crippen LogP contribution >= 0.6 is 8.53 Å². The Kier molecular flexibility index (Phi) is 10.6. The van der Waals surface area contributed by atoms with Gasteiger partial charge in [0.15, 0.2) is 0 Å². The molecule has 0 aromatic carbocycles. The van der Waals surface area contributed by atoms with Crippen LogP contribution in [0.5, 0.6) is 0 Å². The molecule has 1 aliphatic heterocycles. The first-order valence-corrected chi connectivity index (χ1v) is 10.2. The molecule has 2 radical (unpaired) electrons. The molecule has 1 heterocycles. The number of hydrogen-bond acceptors (Lipinski definition) is 7. The molecule has 1 N–H and O–H groups in total. The van der Waals surface area contributed by atoms with E-state index in [0.717, 1.165) is 0 Å². The maximum atomic E-state index is 9.78. The lowest BCUT2D eigenvalue weighted by Gasteiger charge is -2.38. The van der Waals surface area contributed by atoms with E-state index in [1.807, 2.05) is 0 Å². The molecule has 0 bridgehead atoms. The average Bonchev–Trinajstić information content (AvgIpc) is 2.80. The summed E-state index contributed by atoms with van der Waals surface area (Å²) in [4.78, 5) is 0. The van der Waals surface area contributed by atoms with Gasteiger partial charge in [-0.1, -0.05) is 0 Å². The van der Waals surface area contributed by atoms with Crippen molar-refractivity contribution in [2.75, 3.05) is 13.7 Å². The second-order valence-corrected chi connectivity index (χ2v) is 8.45. The van der Waals surface area contributed by atoms with Gasteiger partial charge < -0.3 is 23.6 Å². The molecule has 0 aromatic rings. The Bertz CT molecular complexity index is 441. The predicted molar refractivity (Wildman–Crippen MR) is 102 cm³/mol. The summed E-state index contributed by atoms with van der Waals surface area (Å²) in [6.07, 6.45) is -1.17. The topological polar surface area (TPSA) is 84.2 Å². The number of aliphatic hydroxyl groups excluding tert-OH is 1. The normalized spacial score (nSPS) is 28.7. The molecule has 148 valence electrons. The van der Waals surface area contributed by atoms with Crippen LogP contribution in [-0.2, 0) is 18.5 Å². The van der Waals surface area contributed by atoms with Gasteiger partial charge in [0.2, 0.25) is 0 Å². The lowest BCUT2D eigenvalue weighted by molar-refractivity contribution is -0.00552. The number of methoxy groups -OCH3 is 1. The van der Waals surface area contributed by atoms with Crippen LogP contribution < -0.4 is 0 Å². The summed E-state index contributed by atoms with van der Waals surface area (Å²) in [5.41, 5.74) is 0. The zero-order chi connectivity index (χ0) is 19.9. The summed E-state index contributed by atoms with van der Waals surface area (Å²) in [5, 5.41) is 18.6. The van der Waals surface area contributed by atoms with Gasteiger partial charge in [-0.15, -0.1) is 0 Å². The quantitative estimate of drug-likeness (QED) is 0.331. The highest BCUT2D eigenvalue weighted by Crippen LogP contribution is 2.49. The van der Waals surface area contributed by atoms with Gasteiger partial charge in [-0.05, 0) is 34.6 Å². The van der Waals surface area contributed by atoms with Gasteiger partial charge in [0.25, 0.3) is 8.53 Å². The average molecular weight is 386 g/mol. The summed E-state index contributed by atoms with van der Waals surface area (Å²) in [6.45, 7) is 10.3. The van der Waals surface area contributed by atoms with Gasteiger partial charge >= 0.3 is 0 Å². The van der Waals surface area contributed by atoms with E-state index in [2.05, 4.69) is 38.4 Å². The number of nitriles is 1. The minimum absolute atomic E-state index is 0.190. The van der Waals surface area contributed by atoms with Crippen molar-refractivity contribution in [1.82, 2.24) is 4.67 Å². The molecule has 0 amide bonds. The second kappa shape index (κ2) is 11.6. The number of rotatable bonds is 11. The van der Waals surface area contributed by atoms with Gasteiger partial charge in [-0.25, -0.2) is 4.67 Å². The van der Waals surface area contributed by atoms with Gasteiger partial charge in [0.1, 0.15) is 20.1 Å². The minimum Gasteiger partial charge on any atom is -0.393 e. The molecule has 7 nitrogen and oxygen atoms in total. The van der Waals surface area contributed by atoms with Crippen LogP contribution in [0.2, 0.25) is 0 Å². The summed E-state index contributed by atoms with van der Waals surface area (Å²) in [6, 6.07) is 1.84. The lowest BCUT2D eigenvalue weighted by atomic mass is 9.92. The van der Waals surface area contributed by atoms with Gasteiger partial charge in [-0.3, -0.25) is 0 Å². The van der Waals surface area contributed by atoms with E-state index < -0.39 is 32.8 Å². The fraction of sp³-hybridized carbons (Fsp3) is 0.941. The first-order chi connectivity index (χ1) is 12.2. The van der Waals surface area contributed by atoms with Crippen molar-refractivity contribution < 1.29 is 23.6 Å².